The summed E-state index contributed by atoms with van der Waals surface area (Å²) in [5.74, 6) is 1.53. The summed E-state index contributed by atoms with van der Waals surface area (Å²) in [5, 5.41) is 6.98. The molecule has 0 radical (unpaired) electrons. The van der Waals surface area contributed by atoms with Crippen LogP contribution in [0.3, 0.4) is 0 Å². The second-order valence-electron chi connectivity index (χ2n) is 7.11. The van der Waals surface area contributed by atoms with Crippen molar-refractivity contribution in [3.8, 4) is 0 Å². The third-order valence-electron chi connectivity index (χ3n) is 4.73. The summed E-state index contributed by atoms with van der Waals surface area (Å²) in [6.45, 7) is 9.22. The molecule has 1 aliphatic rings. The molecule has 1 heterocycles. The Morgan fingerprint density at radius 3 is 2.88 bits per heavy atom. The first-order chi connectivity index (χ1) is 11.4. The lowest BCUT2D eigenvalue weighted by atomic mass is 9.75. The number of hydrogen-bond acceptors (Lipinski definition) is 5. The Kier molecular flexibility index (Phi) is 6.95. The van der Waals surface area contributed by atoms with E-state index >= 15 is 0 Å². The summed E-state index contributed by atoms with van der Waals surface area (Å²) in [6, 6.07) is 0. The molecule has 1 aliphatic carbocycles. The van der Waals surface area contributed by atoms with Gasteiger partial charge < -0.3 is 4.74 Å². The number of esters is 1. The average Bonchev–Trinajstić information content (AvgIpc) is 2.86. The normalized spacial score (nSPS) is 24.3. The van der Waals surface area contributed by atoms with Crippen molar-refractivity contribution in [1.82, 2.24) is 14.8 Å². The smallest absolute Gasteiger partial charge is 0.343 e. The largest absolute Gasteiger partial charge is 0.461 e. The van der Waals surface area contributed by atoms with Crippen molar-refractivity contribution in [3.63, 3.8) is 0 Å². The van der Waals surface area contributed by atoms with Gasteiger partial charge in [0.05, 0.1) is 5.75 Å². The van der Waals surface area contributed by atoms with Gasteiger partial charge in [0, 0.05) is 6.54 Å². The zero-order valence-corrected chi connectivity index (χ0v) is 15.9. The Morgan fingerprint density at radius 2 is 2.21 bits per heavy atom. The lowest BCUT2D eigenvalue weighted by Gasteiger charge is -2.36. The summed E-state index contributed by atoms with van der Waals surface area (Å²) in [4.78, 5) is 23.9. The van der Waals surface area contributed by atoms with Crippen LogP contribution in [0.15, 0.2) is 9.95 Å². The van der Waals surface area contributed by atoms with Gasteiger partial charge >= 0.3 is 11.7 Å². The summed E-state index contributed by atoms with van der Waals surface area (Å²) in [7, 11) is 0. The average molecular weight is 356 g/mol. The number of aromatic amines is 1. The molecular weight excluding hydrogens is 326 g/mol. The van der Waals surface area contributed by atoms with Crippen molar-refractivity contribution < 1.29 is 9.53 Å². The van der Waals surface area contributed by atoms with Gasteiger partial charge in [-0.15, -0.1) is 5.10 Å². The zero-order valence-electron chi connectivity index (χ0n) is 15.1. The van der Waals surface area contributed by atoms with E-state index in [1.165, 1.54) is 18.2 Å². The number of H-pyrrole nitrogens is 1. The summed E-state index contributed by atoms with van der Waals surface area (Å²) < 4.78 is 7.35. The van der Waals surface area contributed by atoms with Gasteiger partial charge in [-0.25, -0.2) is 9.89 Å². The van der Waals surface area contributed by atoms with Crippen LogP contribution < -0.4 is 5.69 Å². The number of hydrogen-bond donors (Lipinski definition) is 1. The number of carbonyl (C=O) groups excluding carboxylic acids is 1. The lowest BCUT2D eigenvalue weighted by molar-refractivity contribution is -0.152. The van der Waals surface area contributed by atoms with E-state index in [0.29, 0.717) is 29.5 Å². The number of nitrogens with one attached hydrogen (secondary N) is 1. The summed E-state index contributed by atoms with van der Waals surface area (Å²) >= 11 is 1.26. The van der Waals surface area contributed by atoms with Gasteiger partial charge in [0.25, 0.3) is 0 Å². The first kappa shape index (κ1) is 19.1. The Balaban J connectivity index is 1.91. The van der Waals surface area contributed by atoms with Crippen LogP contribution in [0.5, 0.6) is 0 Å². The third kappa shape index (κ3) is 4.88. The molecule has 0 bridgehead atoms. The predicted octanol–water partition coefficient (Wildman–Crippen LogP) is 3.08. The van der Waals surface area contributed by atoms with Crippen molar-refractivity contribution >= 4 is 17.7 Å². The molecular formula is C17H29N3O3S. The summed E-state index contributed by atoms with van der Waals surface area (Å²) in [5.41, 5.74) is -0.228. The van der Waals surface area contributed by atoms with Crippen molar-refractivity contribution in [2.45, 2.75) is 71.2 Å². The Morgan fingerprint density at radius 1 is 1.46 bits per heavy atom. The molecule has 2 rings (SSSR count). The van der Waals surface area contributed by atoms with Crippen LogP contribution >= 0.6 is 11.8 Å². The molecule has 3 atom stereocenters. The van der Waals surface area contributed by atoms with Crippen molar-refractivity contribution in [3.05, 3.63) is 10.5 Å². The SMILES string of the molecule is CCCn1c(SCC(=O)O[C@H]2C[C@@H](C)CC[C@@H]2C(C)C)n[nH]c1=O. The second kappa shape index (κ2) is 8.74. The van der Waals surface area contributed by atoms with Crippen LogP contribution in [0.2, 0.25) is 0 Å². The van der Waals surface area contributed by atoms with Gasteiger partial charge in [0.2, 0.25) is 0 Å². The molecule has 136 valence electrons. The van der Waals surface area contributed by atoms with E-state index in [2.05, 4.69) is 31.0 Å². The zero-order chi connectivity index (χ0) is 17.7. The van der Waals surface area contributed by atoms with E-state index in [-0.39, 0.29) is 23.5 Å². The number of carbonyl (C=O) groups is 1. The molecule has 24 heavy (non-hydrogen) atoms. The highest BCUT2D eigenvalue weighted by molar-refractivity contribution is 7.99. The van der Waals surface area contributed by atoms with Crippen LogP contribution in [0.4, 0.5) is 0 Å². The first-order valence-corrected chi connectivity index (χ1v) is 9.88. The van der Waals surface area contributed by atoms with Gasteiger partial charge in [0.1, 0.15) is 6.10 Å². The maximum Gasteiger partial charge on any atom is 0.343 e. The molecule has 0 aromatic carbocycles. The molecule has 0 amide bonds. The van der Waals surface area contributed by atoms with E-state index in [4.69, 9.17) is 4.74 Å². The second-order valence-corrected chi connectivity index (χ2v) is 8.05. The van der Waals surface area contributed by atoms with Crippen LogP contribution in [-0.2, 0) is 16.1 Å². The predicted molar refractivity (Wildman–Crippen MR) is 95.1 cm³/mol. The minimum Gasteiger partial charge on any atom is -0.461 e. The molecule has 1 N–H and O–H groups in total. The van der Waals surface area contributed by atoms with Crippen LogP contribution in [-0.4, -0.2) is 32.6 Å². The van der Waals surface area contributed by atoms with Gasteiger partial charge in [-0.2, -0.15) is 0 Å². The number of aromatic nitrogens is 3. The van der Waals surface area contributed by atoms with Gasteiger partial charge in [-0.1, -0.05) is 45.9 Å². The van der Waals surface area contributed by atoms with E-state index in [0.717, 1.165) is 19.3 Å². The van der Waals surface area contributed by atoms with E-state index in [1.54, 1.807) is 4.57 Å². The number of thioether (sulfide) groups is 1. The molecule has 6 nitrogen and oxygen atoms in total. The van der Waals surface area contributed by atoms with E-state index < -0.39 is 0 Å². The topological polar surface area (TPSA) is 77.0 Å². The molecule has 1 saturated carbocycles. The maximum absolute atomic E-state index is 12.3. The molecule has 0 saturated heterocycles. The minimum absolute atomic E-state index is 0.0128. The molecule has 1 aromatic rings. The van der Waals surface area contributed by atoms with Crippen LogP contribution in [0, 0.1) is 17.8 Å². The number of ether oxygens (including phenoxy) is 1. The van der Waals surface area contributed by atoms with Crippen LogP contribution in [0.1, 0.15) is 53.4 Å². The Labute approximate surface area is 147 Å². The molecule has 1 aromatic heterocycles. The fourth-order valence-electron chi connectivity index (χ4n) is 3.41. The molecule has 0 spiro atoms. The monoisotopic (exact) mass is 355 g/mol. The quantitative estimate of drug-likeness (QED) is 0.601. The van der Waals surface area contributed by atoms with Crippen molar-refractivity contribution in [2.24, 2.45) is 17.8 Å². The standard InChI is InChI=1S/C17H29N3O3S/c1-5-8-20-16(22)18-19-17(20)24-10-15(21)23-14-9-12(4)6-7-13(14)11(2)3/h11-14H,5-10H2,1-4H3,(H,18,22)/t12-,13+,14-/m0/s1. The Hall–Kier alpha value is -1.24. The van der Waals surface area contributed by atoms with Gasteiger partial charge in [-0.3, -0.25) is 9.36 Å². The van der Waals surface area contributed by atoms with Crippen molar-refractivity contribution in [1.29, 1.82) is 0 Å². The van der Waals surface area contributed by atoms with Crippen molar-refractivity contribution in [2.75, 3.05) is 5.75 Å². The van der Waals surface area contributed by atoms with E-state index in [9.17, 15) is 9.59 Å². The highest BCUT2D eigenvalue weighted by Gasteiger charge is 2.33. The maximum atomic E-state index is 12.3. The highest BCUT2D eigenvalue weighted by atomic mass is 32.2. The third-order valence-corrected chi connectivity index (χ3v) is 5.68. The fraction of sp³-hybridized carbons (Fsp3) is 0.824. The lowest BCUT2D eigenvalue weighted by Crippen LogP contribution is -2.36. The number of nitrogens with zero attached hydrogens (tertiary/aromatic N) is 2. The van der Waals surface area contributed by atoms with Gasteiger partial charge in [-0.05, 0) is 37.0 Å². The van der Waals surface area contributed by atoms with E-state index in [1.807, 2.05) is 6.92 Å². The summed E-state index contributed by atoms with van der Waals surface area (Å²) in [6.07, 6.45) is 4.14. The number of rotatable bonds is 7. The van der Waals surface area contributed by atoms with Crippen LogP contribution in [0.25, 0.3) is 0 Å². The molecule has 1 fully saturated rings. The molecule has 0 aliphatic heterocycles. The first-order valence-electron chi connectivity index (χ1n) is 8.89. The molecule has 0 unspecified atom stereocenters. The minimum atomic E-state index is -0.228. The molecule has 7 heteroatoms. The highest BCUT2D eigenvalue weighted by Crippen LogP contribution is 2.35. The van der Waals surface area contributed by atoms with Gasteiger partial charge in [0.15, 0.2) is 5.16 Å². The fourth-order valence-corrected chi connectivity index (χ4v) is 4.17. The Bertz CT molecular complexity index is 596.